The van der Waals surface area contributed by atoms with Crippen molar-refractivity contribution in [2.24, 2.45) is 0 Å². The lowest BCUT2D eigenvalue weighted by atomic mass is 10.0. The molecule has 0 saturated carbocycles. The number of hydrogen-bond donors (Lipinski definition) is 1. The number of aliphatic hydroxyl groups excluding tert-OH is 1. The van der Waals surface area contributed by atoms with Gasteiger partial charge in [-0.15, -0.1) is 0 Å². The number of ketones is 1. The number of Topliss-reactive ketones (excluding diaryl/α,β-unsaturated/α-hetero) is 1. The quantitative estimate of drug-likeness (QED) is 0.0502. The van der Waals surface area contributed by atoms with Gasteiger partial charge in [-0.2, -0.15) is 0 Å². The van der Waals surface area contributed by atoms with Crippen LogP contribution in [0.5, 0.6) is 0 Å². The minimum atomic E-state index is 0.00919. The standard InChI is InChI=1S/C44H87NO5/c1-4-7-10-13-16-22-30-40-49-41-35-42(47)31-24-23-29-37-45(38-39-46)36-28-21-17-20-27-34-44(48)50-43(32-25-18-14-11-8-5-2)33-26-19-15-12-9-6-3/h43,46H,4-41H2,1-3H3. The van der Waals surface area contributed by atoms with Crippen LogP contribution in [0.3, 0.4) is 0 Å². The predicted molar refractivity (Wildman–Crippen MR) is 214 cm³/mol. The van der Waals surface area contributed by atoms with Gasteiger partial charge in [0.2, 0.25) is 0 Å². The molecule has 0 bridgehead atoms. The smallest absolute Gasteiger partial charge is 0.306 e. The lowest BCUT2D eigenvalue weighted by molar-refractivity contribution is -0.150. The normalized spacial score (nSPS) is 11.6. The third-order valence-corrected chi connectivity index (χ3v) is 10.2. The van der Waals surface area contributed by atoms with E-state index in [0.29, 0.717) is 31.7 Å². The molecule has 6 nitrogen and oxygen atoms in total. The summed E-state index contributed by atoms with van der Waals surface area (Å²) in [7, 11) is 0. The second-order valence-corrected chi connectivity index (χ2v) is 15.1. The molecule has 0 aliphatic heterocycles. The average Bonchev–Trinajstić information content (AvgIpc) is 3.11. The SMILES string of the molecule is CCCCCCCCCOCCC(=O)CCCCCN(CCO)CCCCCCCC(=O)OC(CCCCCCCC)CCCCCCCC. The van der Waals surface area contributed by atoms with Gasteiger partial charge in [0.05, 0.1) is 13.2 Å². The average molecular weight is 710 g/mol. The summed E-state index contributed by atoms with van der Waals surface area (Å²) in [5.41, 5.74) is 0. The molecule has 298 valence electrons. The Morgan fingerprint density at radius 1 is 0.480 bits per heavy atom. The van der Waals surface area contributed by atoms with Gasteiger partial charge in [0.15, 0.2) is 0 Å². The van der Waals surface area contributed by atoms with Crippen LogP contribution in [-0.4, -0.2) is 67.3 Å². The molecule has 1 N–H and O–H groups in total. The van der Waals surface area contributed by atoms with E-state index in [2.05, 4.69) is 25.7 Å². The third kappa shape index (κ3) is 36.8. The van der Waals surface area contributed by atoms with E-state index in [9.17, 15) is 14.7 Å². The Morgan fingerprint density at radius 3 is 1.46 bits per heavy atom. The Balaban J connectivity index is 3.96. The van der Waals surface area contributed by atoms with Crippen LogP contribution < -0.4 is 0 Å². The number of carbonyl (C=O) groups is 2. The maximum absolute atomic E-state index is 12.7. The molecule has 0 rings (SSSR count). The Bertz CT molecular complexity index is 686. The summed E-state index contributed by atoms with van der Waals surface area (Å²) in [6.07, 6.45) is 36.8. The van der Waals surface area contributed by atoms with E-state index in [-0.39, 0.29) is 18.7 Å². The van der Waals surface area contributed by atoms with E-state index < -0.39 is 0 Å². The highest BCUT2D eigenvalue weighted by molar-refractivity contribution is 5.78. The minimum Gasteiger partial charge on any atom is -0.462 e. The van der Waals surface area contributed by atoms with Crippen molar-refractivity contribution in [3.8, 4) is 0 Å². The fraction of sp³-hybridized carbons (Fsp3) is 0.955. The molecule has 0 aromatic heterocycles. The van der Waals surface area contributed by atoms with Crippen molar-refractivity contribution in [2.75, 3.05) is 39.5 Å². The first kappa shape index (κ1) is 49.0. The third-order valence-electron chi connectivity index (χ3n) is 10.2. The molecule has 0 unspecified atom stereocenters. The van der Waals surface area contributed by atoms with Crippen molar-refractivity contribution in [3.63, 3.8) is 0 Å². The molecule has 6 heteroatoms. The number of hydrogen-bond acceptors (Lipinski definition) is 6. The molecular weight excluding hydrogens is 622 g/mol. The van der Waals surface area contributed by atoms with Crippen molar-refractivity contribution in [1.29, 1.82) is 0 Å². The van der Waals surface area contributed by atoms with E-state index in [1.165, 1.54) is 116 Å². The number of nitrogens with zero attached hydrogens (tertiary/aromatic N) is 1. The zero-order chi connectivity index (χ0) is 36.6. The molecule has 0 aromatic rings. The Morgan fingerprint density at radius 2 is 0.920 bits per heavy atom. The zero-order valence-corrected chi connectivity index (χ0v) is 34.0. The second kappa shape index (κ2) is 40.8. The molecule has 0 heterocycles. The summed E-state index contributed by atoms with van der Waals surface area (Å²) >= 11 is 0. The molecule has 0 aliphatic rings. The minimum absolute atomic E-state index is 0.00919. The van der Waals surface area contributed by atoms with Crippen LogP contribution in [0.4, 0.5) is 0 Å². The number of aliphatic hydroxyl groups is 1. The fourth-order valence-corrected chi connectivity index (χ4v) is 6.83. The summed E-state index contributed by atoms with van der Waals surface area (Å²) in [6, 6.07) is 0. The zero-order valence-electron chi connectivity index (χ0n) is 34.0. The highest BCUT2D eigenvalue weighted by Gasteiger charge is 2.14. The first-order valence-corrected chi connectivity index (χ1v) is 22.2. The maximum atomic E-state index is 12.7. The van der Waals surface area contributed by atoms with Crippen LogP contribution in [0.15, 0.2) is 0 Å². The molecule has 0 aromatic carbocycles. The molecular formula is C44H87NO5. The molecule has 0 spiro atoms. The topological polar surface area (TPSA) is 76.1 Å². The Hall–Kier alpha value is -0.980. The van der Waals surface area contributed by atoms with Crippen molar-refractivity contribution in [3.05, 3.63) is 0 Å². The van der Waals surface area contributed by atoms with Gasteiger partial charge in [-0.3, -0.25) is 9.59 Å². The molecule has 50 heavy (non-hydrogen) atoms. The van der Waals surface area contributed by atoms with E-state index in [0.717, 1.165) is 96.9 Å². The lowest BCUT2D eigenvalue weighted by Crippen LogP contribution is -2.29. The van der Waals surface area contributed by atoms with Gasteiger partial charge in [-0.05, 0) is 70.9 Å². The number of rotatable bonds is 42. The first-order chi connectivity index (χ1) is 24.6. The lowest BCUT2D eigenvalue weighted by Gasteiger charge is -2.21. The molecule has 0 amide bonds. The summed E-state index contributed by atoms with van der Waals surface area (Å²) in [5.74, 6) is 0.334. The van der Waals surface area contributed by atoms with E-state index >= 15 is 0 Å². The Labute approximate surface area is 312 Å². The molecule has 0 atom stereocenters. The van der Waals surface area contributed by atoms with Gasteiger partial charge in [0.1, 0.15) is 11.9 Å². The van der Waals surface area contributed by atoms with Crippen LogP contribution in [0.2, 0.25) is 0 Å². The van der Waals surface area contributed by atoms with Gasteiger partial charge in [-0.25, -0.2) is 0 Å². The summed E-state index contributed by atoms with van der Waals surface area (Å²) < 4.78 is 11.7. The van der Waals surface area contributed by atoms with Gasteiger partial charge >= 0.3 is 5.97 Å². The van der Waals surface area contributed by atoms with Crippen LogP contribution in [0.25, 0.3) is 0 Å². The second-order valence-electron chi connectivity index (χ2n) is 15.1. The molecule has 0 aliphatic carbocycles. The van der Waals surface area contributed by atoms with Crippen molar-refractivity contribution in [2.45, 2.75) is 232 Å². The highest BCUT2D eigenvalue weighted by atomic mass is 16.5. The van der Waals surface area contributed by atoms with E-state index in [4.69, 9.17) is 9.47 Å². The van der Waals surface area contributed by atoms with E-state index in [1.807, 2.05) is 0 Å². The first-order valence-electron chi connectivity index (χ1n) is 22.2. The summed E-state index contributed by atoms with van der Waals surface area (Å²) in [4.78, 5) is 27.3. The number of carbonyl (C=O) groups excluding carboxylic acids is 2. The van der Waals surface area contributed by atoms with Crippen LogP contribution in [0.1, 0.15) is 226 Å². The van der Waals surface area contributed by atoms with Gasteiger partial charge in [0, 0.05) is 32.4 Å². The fourth-order valence-electron chi connectivity index (χ4n) is 6.83. The van der Waals surface area contributed by atoms with Crippen LogP contribution >= 0.6 is 0 Å². The maximum Gasteiger partial charge on any atom is 0.306 e. The Kier molecular flexibility index (Phi) is 40.0. The van der Waals surface area contributed by atoms with Crippen molar-refractivity contribution >= 4 is 11.8 Å². The molecule has 0 fully saturated rings. The predicted octanol–water partition coefficient (Wildman–Crippen LogP) is 12.3. The van der Waals surface area contributed by atoms with Crippen molar-refractivity contribution < 1.29 is 24.2 Å². The van der Waals surface area contributed by atoms with Crippen LogP contribution in [-0.2, 0) is 19.1 Å². The largest absolute Gasteiger partial charge is 0.462 e. The molecule has 0 saturated heterocycles. The molecule has 0 radical (unpaired) electrons. The van der Waals surface area contributed by atoms with Crippen molar-refractivity contribution in [1.82, 2.24) is 4.90 Å². The number of ether oxygens (including phenoxy) is 2. The number of unbranched alkanes of at least 4 members (excludes halogenated alkanes) is 22. The van der Waals surface area contributed by atoms with Gasteiger partial charge in [0.25, 0.3) is 0 Å². The monoisotopic (exact) mass is 710 g/mol. The summed E-state index contributed by atoms with van der Waals surface area (Å²) in [6.45, 7) is 11.0. The number of esters is 1. The van der Waals surface area contributed by atoms with Gasteiger partial charge in [-0.1, -0.05) is 149 Å². The van der Waals surface area contributed by atoms with E-state index in [1.54, 1.807) is 0 Å². The van der Waals surface area contributed by atoms with Crippen LogP contribution in [0, 0.1) is 0 Å². The highest BCUT2D eigenvalue weighted by Crippen LogP contribution is 2.18. The summed E-state index contributed by atoms with van der Waals surface area (Å²) in [5, 5.41) is 9.53. The van der Waals surface area contributed by atoms with Gasteiger partial charge < -0.3 is 19.5 Å².